The quantitative estimate of drug-likeness (QED) is 0.652. The van der Waals surface area contributed by atoms with Gasteiger partial charge in [0.25, 0.3) is 0 Å². The van der Waals surface area contributed by atoms with Crippen molar-refractivity contribution < 1.29 is 27.1 Å². The lowest BCUT2D eigenvalue weighted by molar-refractivity contribution is -0.140. The van der Waals surface area contributed by atoms with Crippen molar-refractivity contribution in [3.8, 4) is 0 Å². The zero-order valence-corrected chi connectivity index (χ0v) is 9.12. The fourth-order valence-electron chi connectivity index (χ4n) is 1.25. The van der Waals surface area contributed by atoms with Crippen LogP contribution in [0.3, 0.4) is 0 Å². The molecule has 0 aromatic heterocycles. The third-order valence-corrected chi connectivity index (χ3v) is 2.43. The number of aliphatic hydroxyl groups is 1. The van der Waals surface area contributed by atoms with Crippen molar-refractivity contribution >= 4 is 11.6 Å². The summed E-state index contributed by atoms with van der Waals surface area (Å²) in [6, 6.07) is 1.21. The van der Waals surface area contributed by atoms with Crippen LogP contribution in [0, 0.1) is 11.6 Å². The average molecular weight is 275 g/mol. The molecule has 1 aromatic carbocycles. The molecular formula is C10H8ClF5O. The molecule has 7 heteroatoms. The van der Waals surface area contributed by atoms with Crippen molar-refractivity contribution in [2.45, 2.75) is 25.1 Å². The van der Waals surface area contributed by atoms with Crippen LogP contribution < -0.4 is 0 Å². The molecule has 0 amide bonds. The Balaban J connectivity index is 2.82. The molecule has 0 aliphatic heterocycles. The summed E-state index contributed by atoms with van der Waals surface area (Å²) in [4.78, 5) is 0. The van der Waals surface area contributed by atoms with Gasteiger partial charge in [0.2, 0.25) is 0 Å². The molecule has 96 valence electrons. The normalized spacial score (nSPS) is 13.8. The fourth-order valence-corrected chi connectivity index (χ4v) is 1.53. The van der Waals surface area contributed by atoms with Crippen molar-refractivity contribution in [3.05, 3.63) is 34.4 Å². The Morgan fingerprint density at radius 3 is 2.24 bits per heavy atom. The fraction of sp³-hybridized carbons (Fsp3) is 0.400. The predicted molar refractivity (Wildman–Crippen MR) is 51.6 cm³/mol. The maximum atomic E-state index is 12.8. The van der Waals surface area contributed by atoms with Gasteiger partial charge in [0, 0.05) is 17.0 Å². The topological polar surface area (TPSA) is 20.2 Å². The Morgan fingerprint density at radius 1 is 1.18 bits per heavy atom. The summed E-state index contributed by atoms with van der Waals surface area (Å²) >= 11 is 5.50. The monoisotopic (exact) mass is 274 g/mol. The Kier molecular flexibility index (Phi) is 4.32. The van der Waals surface area contributed by atoms with E-state index in [1.165, 1.54) is 0 Å². The van der Waals surface area contributed by atoms with E-state index in [1.54, 1.807) is 0 Å². The summed E-state index contributed by atoms with van der Waals surface area (Å²) in [5.74, 6) is -2.49. The Bertz CT molecular complexity index is 404. The number of hydrogen-bond acceptors (Lipinski definition) is 1. The number of aliphatic hydroxyl groups excluding tert-OH is 1. The minimum absolute atomic E-state index is 0.255. The second kappa shape index (κ2) is 5.18. The van der Waals surface area contributed by atoms with E-state index in [4.69, 9.17) is 11.6 Å². The van der Waals surface area contributed by atoms with Crippen LogP contribution in [0.5, 0.6) is 0 Å². The first-order chi connectivity index (χ1) is 7.70. The van der Waals surface area contributed by atoms with Crippen LogP contribution in [-0.4, -0.2) is 11.3 Å². The van der Waals surface area contributed by atoms with Crippen LogP contribution in [0.15, 0.2) is 12.1 Å². The van der Waals surface area contributed by atoms with Gasteiger partial charge in [-0.1, -0.05) is 11.6 Å². The van der Waals surface area contributed by atoms with E-state index < -0.39 is 36.8 Å². The van der Waals surface area contributed by atoms with Gasteiger partial charge >= 0.3 is 6.18 Å². The molecule has 1 aromatic rings. The molecular weight excluding hydrogens is 267 g/mol. The molecule has 1 unspecified atom stereocenters. The molecule has 0 saturated heterocycles. The molecule has 0 aliphatic rings. The first kappa shape index (κ1) is 14.2. The summed E-state index contributed by atoms with van der Waals surface area (Å²) in [5.41, 5.74) is -0.255. The van der Waals surface area contributed by atoms with E-state index in [2.05, 4.69) is 0 Å². The number of alkyl halides is 3. The third kappa shape index (κ3) is 4.12. The number of halogens is 6. The van der Waals surface area contributed by atoms with E-state index in [0.717, 1.165) is 0 Å². The molecule has 1 nitrogen and oxygen atoms in total. The van der Waals surface area contributed by atoms with E-state index >= 15 is 0 Å². The molecule has 0 heterocycles. The number of benzene rings is 1. The van der Waals surface area contributed by atoms with Crippen LogP contribution in [0.2, 0.25) is 5.02 Å². The summed E-state index contributed by atoms with van der Waals surface area (Å²) in [5, 5.41) is 9.10. The lowest BCUT2D eigenvalue weighted by atomic mass is 10.0. The minimum atomic E-state index is -4.42. The van der Waals surface area contributed by atoms with E-state index in [0.29, 0.717) is 12.1 Å². The molecule has 17 heavy (non-hydrogen) atoms. The highest BCUT2D eigenvalue weighted by Crippen LogP contribution is 2.31. The third-order valence-electron chi connectivity index (χ3n) is 2.10. The summed E-state index contributed by atoms with van der Waals surface area (Å²) in [6.07, 6.45) is -7.90. The minimum Gasteiger partial charge on any atom is -0.388 e. The predicted octanol–water partition coefficient (Wildman–Crippen LogP) is 3.99. The lowest BCUT2D eigenvalue weighted by Crippen LogP contribution is -2.10. The van der Waals surface area contributed by atoms with Crippen LogP contribution in [0.1, 0.15) is 24.5 Å². The average Bonchev–Trinajstić information content (AvgIpc) is 2.19. The molecule has 0 saturated carbocycles. The van der Waals surface area contributed by atoms with Gasteiger partial charge in [-0.2, -0.15) is 13.2 Å². The summed E-state index contributed by atoms with van der Waals surface area (Å²) < 4.78 is 61.2. The maximum Gasteiger partial charge on any atom is 0.389 e. The Hall–Kier alpha value is -0.880. The molecule has 1 atom stereocenters. The van der Waals surface area contributed by atoms with Crippen molar-refractivity contribution in [1.82, 2.24) is 0 Å². The second-order valence-electron chi connectivity index (χ2n) is 3.46. The van der Waals surface area contributed by atoms with Crippen molar-refractivity contribution in [2.75, 3.05) is 0 Å². The maximum absolute atomic E-state index is 12.8. The molecule has 0 aliphatic carbocycles. The van der Waals surface area contributed by atoms with Crippen molar-refractivity contribution in [2.24, 2.45) is 0 Å². The van der Waals surface area contributed by atoms with Gasteiger partial charge in [-0.3, -0.25) is 0 Å². The first-order valence-electron chi connectivity index (χ1n) is 4.60. The highest BCUT2D eigenvalue weighted by molar-refractivity contribution is 6.31. The number of rotatable bonds is 3. The first-order valence-corrected chi connectivity index (χ1v) is 4.98. The summed E-state index contributed by atoms with van der Waals surface area (Å²) in [7, 11) is 0. The van der Waals surface area contributed by atoms with Crippen molar-refractivity contribution in [1.29, 1.82) is 0 Å². The van der Waals surface area contributed by atoms with Gasteiger partial charge in [-0.25, -0.2) is 8.78 Å². The van der Waals surface area contributed by atoms with Crippen LogP contribution in [-0.2, 0) is 0 Å². The largest absolute Gasteiger partial charge is 0.389 e. The van der Waals surface area contributed by atoms with E-state index in [9.17, 15) is 27.1 Å². The summed E-state index contributed by atoms with van der Waals surface area (Å²) in [6.45, 7) is 0. The van der Waals surface area contributed by atoms with Gasteiger partial charge in [0.15, 0.2) is 11.6 Å². The van der Waals surface area contributed by atoms with Crippen LogP contribution in [0.25, 0.3) is 0 Å². The SMILES string of the molecule is OC(CCC(F)(F)F)c1cc(F)c(F)cc1Cl. The smallest absolute Gasteiger partial charge is 0.388 e. The zero-order chi connectivity index (χ0) is 13.2. The Morgan fingerprint density at radius 2 is 1.71 bits per heavy atom. The van der Waals surface area contributed by atoms with Crippen LogP contribution >= 0.6 is 11.6 Å². The van der Waals surface area contributed by atoms with Crippen molar-refractivity contribution in [3.63, 3.8) is 0 Å². The van der Waals surface area contributed by atoms with E-state index in [1.807, 2.05) is 0 Å². The number of hydrogen-bond donors (Lipinski definition) is 1. The van der Waals surface area contributed by atoms with Gasteiger partial charge in [-0.15, -0.1) is 0 Å². The molecule has 1 N–H and O–H groups in total. The highest BCUT2D eigenvalue weighted by atomic mass is 35.5. The van der Waals surface area contributed by atoms with Gasteiger partial charge in [0.1, 0.15) is 0 Å². The second-order valence-corrected chi connectivity index (χ2v) is 3.86. The highest BCUT2D eigenvalue weighted by Gasteiger charge is 2.29. The Labute approximate surface area is 98.8 Å². The van der Waals surface area contributed by atoms with Gasteiger partial charge in [-0.05, 0) is 18.6 Å². The van der Waals surface area contributed by atoms with E-state index in [-0.39, 0.29) is 10.6 Å². The van der Waals surface area contributed by atoms with Gasteiger partial charge < -0.3 is 5.11 Å². The molecule has 1 rings (SSSR count). The molecule has 0 bridgehead atoms. The van der Waals surface area contributed by atoms with Gasteiger partial charge in [0.05, 0.1) is 6.10 Å². The zero-order valence-electron chi connectivity index (χ0n) is 8.36. The molecule has 0 radical (unpaired) electrons. The molecule has 0 fully saturated rings. The van der Waals surface area contributed by atoms with Crippen LogP contribution in [0.4, 0.5) is 22.0 Å². The standard InChI is InChI=1S/C10H8ClF5O/c11-6-4-8(13)7(12)3-5(6)9(17)1-2-10(14,15)16/h3-4,9,17H,1-2H2. The lowest BCUT2D eigenvalue weighted by Gasteiger charge is -2.14. The molecule has 0 spiro atoms.